The van der Waals surface area contributed by atoms with E-state index in [0.29, 0.717) is 12.0 Å². The van der Waals surface area contributed by atoms with E-state index in [-0.39, 0.29) is 10.6 Å². The predicted octanol–water partition coefficient (Wildman–Crippen LogP) is 2.66. The number of benzene rings is 1. The molecule has 0 saturated carbocycles. The van der Waals surface area contributed by atoms with Crippen LogP contribution in [0.3, 0.4) is 0 Å². The molecule has 5 nitrogen and oxygen atoms in total. The predicted molar refractivity (Wildman–Crippen MR) is 76.5 cm³/mol. The second-order valence-corrected chi connectivity index (χ2v) is 5.54. The number of aryl methyl sites for hydroxylation is 1. The molecule has 1 aliphatic heterocycles. The number of anilines is 1. The molecule has 2 rings (SSSR count). The summed E-state index contributed by atoms with van der Waals surface area (Å²) >= 11 is 0. The van der Waals surface area contributed by atoms with Crippen LogP contribution in [-0.2, 0) is 0 Å². The minimum atomic E-state index is -0.345. The highest BCUT2D eigenvalue weighted by atomic mass is 16.6. The summed E-state index contributed by atoms with van der Waals surface area (Å²) in [4.78, 5) is 12.8. The van der Waals surface area contributed by atoms with Crippen molar-refractivity contribution in [2.24, 2.45) is 5.92 Å². The van der Waals surface area contributed by atoms with Gasteiger partial charge in [-0.25, -0.2) is 0 Å². The van der Waals surface area contributed by atoms with Crippen LogP contribution in [0.15, 0.2) is 18.2 Å². The summed E-state index contributed by atoms with van der Waals surface area (Å²) in [5.41, 5.74) is 2.08. The summed E-state index contributed by atoms with van der Waals surface area (Å²) in [6.07, 6.45) is 1.07. The molecule has 5 heteroatoms. The SMILES string of the molecule is Cc1ccc([N+](=O)[O-])cc1NC1CCN(C)CC1C. The van der Waals surface area contributed by atoms with Crippen LogP contribution < -0.4 is 5.32 Å². The maximum Gasteiger partial charge on any atom is 0.271 e. The van der Waals surface area contributed by atoms with Crippen molar-refractivity contribution in [3.05, 3.63) is 33.9 Å². The highest BCUT2D eigenvalue weighted by molar-refractivity contribution is 5.57. The van der Waals surface area contributed by atoms with Gasteiger partial charge in [0.25, 0.3) is 5.69 Å². The van der Waals surface area contributed by atoms with Crippen molar-refractivity contribution < 1.29 is 4.92 Å². The first-order valence-corrected chi connectivity index (χ1v) is 6.67. The number of nitrogens with one attached hydrogen (secondary N) is 1. The Balaban J connectivity index is 2.14. The van der Waals surface area contributed by atoms with E-state index in [1.807, 2.05) is 6.92 Å². The molecule has 19 heavy (non-hydrogen) atoms. The topological polar surface area (TPSA) is 58.4 Å². The Bertz CT molecular complexity index is 476. The van der Waals surface area contributed by atoms with Gasteiger partial charge in [0.05, 0.1) is 4.92 Å². The number of rotatable bonds is 3. The quantitative estimate of drug-likeness (QED) is 0.673. The molecule has 1 saturated heterocycles. The van der Waals surface area contributed by atoms with E-state index < -0.39 is 0 Å². The van der Waals surface area contributed by atoms with Crippen molar-refractivity contribution in [3.8, 4) is 0 Å². The van der Waals surface area contributed by atoms with E-state index in [4.69, 9.17) is 0 Å². The zero-order chi connectivity index (χ0) is 14.0. The zero-order valence-corrected chi connectivity index (χ0v) is 11.7. The van der Waals surface area contributed by atoms with Gasteiger partial charge in [-0.2, -0.15) is 0 Å². The first-order chi connectivity index (χ1) is 8.97. The van der Waals surface area contributed by atoms with Crippen molar-refractivity contribution >= 4 is 11.4 Å². The molecule has 0 spiro atoms. The second-order valence-electron chi connectivity index (χ2n) is 5.54. The molecule has 1 N–H and O–H groups in total. The molecule has 2 atom stereocenters. The largest absolute Gasteiger partial charge is 0.382 e. The molecule has 2 unspecified atom stereocenters. The lowest BCUT2D eigenvalue weighted by atomic mass is 9.93. The Morgan fingerprint density at radius 3 is 2.84 bits per heavy atom. The second kappa shape index (κ2) is 5.57. The fourth-order valence-corrected chi connectivity index (χ4v) is 2.65. The van der Waals surface area contributed by atoms with E-state index in [1.165, 1.54) is 0 Å². The summed E-state index contributed by atoms with van der Waals surface area (Å²) in [6, 6.07) is 5.39. The lowest BCUT2D eigenvalue weighted by molar-refractivity contribution is -0.384. The van der Waals surface area contributed by atoms with E-state index in [9.17, 15) is 10.1 Å². The van der Waals surface area contributed by atoms with Crippen molar-refractivity contribution in [2.45, 2.75) is 26.3 Å². The van der Waals surface area contributed by atoms with E-state index >= 15 is 0 Å². The van der Waals surface area contributed by atoms with Crippen molar-refractivity contribution in [1.29, 1.82) is 0 Å². The van der Waals surface area contributed by atoms with Gasteiger partial charge in [-0.1, -0.05) is 13.0 Å². The molecule has 0 aliphatic carbocycles. The number of nitrogens with zero attached hydrogens (tertiary/aromatic N) is 2. The number of hydrogen-bond acceptors (Lipinski definition) is 4. The fraction of sp³-hybridized carbons (Fsp3) is 0.571. The lowest BCUT2D eigenvalue weighted by Gasteiger charge is -2.36. The van der Waals surface area contributed by atoms with Gasteiger partial charge in [0.2, 0.25) is 0 Å². The molecule has 0 bridgehead atoms. The van der Waals surface area contributed by atoms with Crippen LogP contribution in [0.1, 0.15) is 18.9 Å². The number of nitro groups is 1. The first kappa shape index (κ1) is 13.8. The lowest BCUT2D eigenvalue weighted by Crippen LogP contribution is -2.43. The average Bonchev–Trinajstić information content (AvgIpc) is 2.34. The molecule has 1 aliphatic rings. The number of likely N-dealkylation sites (tertiary alicyclic amines) is 1. The van der Waals surface area contributed by atoms with Crippen LogP contribution in [0, 0.1) is 23.0 Å². The molecule has 0 aromatic heterocycles. The Labute approximate surface area is 113 Å². The highest BCUT2D eigenvalue weighted by Gasteiger charge is 2.24. The molecule has 0 amide bonds. The maximum absolute atomic E-state index is 10.8. The fourth-order valence-electron chi connectivity index (χ4n) is 2.65. The first-order valence-electron chi connectivity index (χ1n) is 6.67. The van der Waals surface area contributed by atoms with Gasteiger partial charge in [-0.3, -0.25) is 10.1 Å². The summed E-state index contributed by atoms with van der Waals surface area (Å²) < 4.78 is 0. The van der Waals surface area contributed by atoms with E-state index in [2.05, 4.69) is 24.2 Å². The molecular weight excluding hydrogens is 242 g/mol. The van der Waals surface area contributed by atoms with Gasteiger partial charge >= 0.3 is 0 Å². The minimum absolute atomic E-state index is 0.147. The Morgan fingerprint density at radius 2 is 2.21 bits per heavy atom. The van der Waals surface area contributed by atoms with Crippen molar-refractivity contribution in [2.75, 3.05) is 25.5 Å². The Hall–Kier alpha value is -1.62. The van der Waals surface area contributed by atoms with Crippen LogP contribution in [0.5, 0.6) is 0 Å². The third kappa shape index (κ3) is 3.23. The summed E-state index contributed by atoms with van der Waals surface area (Å²) in [7, 11) is 2.13. The highest BCUT2D eigenvalue weighted by Crippen LogP contribution is 2.26. The van der Waals surface area contributed by atoms with Gasteiger partial charge < -0.3 is 10.2 Å². The number of hydrogen-bond donors (Lipinski definition) is 1. The van der Waals surface area contributed by atoms with Gasteiger partial charge in [0.15, 0.2) is 0 Å². The maximum atomic E-state index is 10.8. The molecule has 1 heterocycles. The smallest absolute Gasteiger partial charge is 0.271 e. The zero-order valence-electron chi connectivity index (χ0n) is 11.7. The number of non-ortho nitro benzene ring substituents is 1. The summed E-state index contributed by atoms with van der Waals surface area (Å²) in [5, 5.41) is 14.3. The van der Waals surface area contributed by atoms with Gasteiger partial charge in [0, 0.05) is 30.4 Å². The van der Waals surface area contributed by atoms with Crippen LogP contribution in [0.25, 0.3) is 0 Å². The van der Waals surface area contributed by atoms with Crippen LogP contribution in [-0.4, -0.2) is 36.0 Å². The molecule has 1 fully saturated rings. The molecular formula is C14H21N3O2. The summed E-state index contributed by atoms with van der Waals surface area (Å²) in [6.45, 7) is 6.33. The van der Waals surface area contributed by atoms with Gasteiger partial charge in [-0.05, 0) is 38.4 Å². The summed E-state index contributed by atoms with van der Waals surface area (Å²) in [5.74, 6) is 0.539. The average molecular weight is 263 g/mol. The normalized spacial score (nSPS) is 24.2. The molecule has 1 aromatic rings. The third-order valence-corrected chi connectivity index (χ3v) is 3.88. The van der Waals surface area contributed by atoms with Crippen LogP contribution in [0.4, 0.5) is 11.4 Å². The molecule has 1 aromatic carbocycles. The Kier molecular flexibility index (Phi) is 4.04. The third-order valence-electron chi connectivity index (χ3n) is 3.88. The van der Waals surface area contributed by atoms with E-state index in [0.717, 1.165) is 30.8 Å². The van der Waals surface area contributed by atoms with Gasteiger partial charge in [-0.15, -0.1) is 0 Å². The van der Waals surface area contributed by atoms with E-state index in [1.54, 1.807) is 18.2 Å². The van der Waals surface area contributed by atoms with Crippen LogP contribution in [0.2, 0.25) is 0 Å². The monoisotopic (exact) mass is 263 g/mol. The molecule has 104 valence electrons. The van der Waals surface area contributed by atoms with Crippen molar-refractivity contribution in [3.63, 3.8) is 0 Å². The van der Waals surface area contributed by atoms with Gasteiger partial charge in [0.1, 0.15) is 0 Å². The number of piperidine rings is 1. The molecule has 0 radical (unpaired) electrons. The Morgan fingerprint density at radius 1 is 1.47 bits per heavy atom. The standard InChI is InChI=1S/C14H21N3O2/c1-10-4-5-12(17(18)19)8-14(10)15-13-6-7-16(3)9-11(13)2/h4-5,8,11,13,15H,6-7,9H2,1-3H3. The van der Waals surface area contributed by atoms with Crippen molar-refractivity contribution in [1.82, 2.24) is 4.90 Å². The van der Waals surface area contributed by atoms with Crippen LogP contribution >= 0.6 is 0 Å². The number of nitro benzene ring substituents is 1. The minimum Gasteiger partial charge on any atom is -0.382 e.